The van der Waals surface area contributed by atoms with E-state index in [9.17, 15) is 0 Å². The summed E-state index contributed by atoms with van der Waals surface area (Å²) in [5.41, 5.74) is 3.01. The number of fused-ring (bicyclic) bond motifs is 3. The predicted molar refractivity (Wildman–Crippen MR) is 99.4 cm³/mol. The summed E-state index contributed by atoms with van der Waals surface area (Å²) in [6.45, 7) is 2.30. The quantitative estimate of drug-likeness (QED) is 0.689. The van der Waals surface area contributed by atoms with Crippen molar-refractivity contribution in [1.82, 2.24) is 14.5 Å². The molecule has 0 amide bonds. The van der Waals surface area contributed by atoms with Gasteiger partial charge in [-0.2, -0.15) is 0 Å². The van der Waals surface area contributed by atoms with Crippen LogP contribution < -0.4 is 9.47 Å². The van der Waals surface area contributed by atoms with Gasteiger partial charge in [0, 0.05) is 17.5 Å². The molecule has 0 bridgehead atoms. The van der Waals surface area contributed by atoms with Gasteiger partial charge in [0.1, 0.15) is 5.52 Å². The molecule has 0 atom stereocenters. The number of methoxy groups -OCH3 is 2. The van der Waals surface area contributed by atoms with E-state index < -0.39 is 0 Å². The molecule has 2 heterocycles. The van der Waals surface area contributed by atoms with Crippen molar-refractivity contribution in [1.29, 1.82) is 0 Å². The van der Waals surface area contributed by atoms with E-state index in [-0.39, 0.29) is 0 Å². The highest BCUT2D eigenvalue weighted by Crippen LogP contribution is 2.38. The van der Waals surface area contributed by atoms with Crippen LogP contribution in [0.2, 0.25) is 0 Å². The Kier molecular flexibility index (Phi) is 4.24. The van der Waals surface area contributed by atoms with E-state index in [1.807, 2.05) is 24.7 Å². The summed E-state index contributed by atoms with van der Waals surface area (Å²) in [6.07, 6.45) is 10.2. The Labute approximate surface area is 148 Å². The van der Waals surface area contributed by atoms with Gasteiger partial charge in [-0.15, -0.1) is 0 Å². The highest BCUT2D eigenvalue weighted by Gasteiger charge is 2.23. The lowest BCUT2D eigenvalue weighted by Crippen LogP contribution is -2.17. The molecule has 3 aromatic rings. The van der Waals surface area contributed by atoms with Gasteiger partial charge in [0.15, 0.2) is 11.5 Å². The monoisotopic (exact) mass is 339 g/mol. The third-order valence-electron chi connectivity index (χ3n) is 5.69. The highest BCUT2D eigenvalue weighted by molar-refractivity contribution is 6.03. The number of aromatic nitrogens is 3. The first-order valence-electron chi connectivity index (χ1n) is 9.12. The standard InChI is InChI=1S/C20H25N3O2/c1-4-13-5-7-14(8-6-13)23-12-22-17-11-21-16-10-19(25-3)18(24-2)9-15(16)20(17)23/h9-14H,4-8H2,1-3H3. The number of benzene rings is 1. The van der Waals surface area contributed by atoms with Crippen molar-refractivity contribution in [2.45, 2.75) is 45.1 Å². The average molecular weight is 339 g/mol. The molecule has 1 aromatic carbocycles. The molecule has 1 saturated carbocycles. The van der Waals surface area contributed by atoms with E-state index in [2.05, 4.69) is 21.5 Å². The lowest BCUT2D eigenvalue weighted by molar-refractivity contribution is 0.273. The number of hydrogen-bond acceptors (Lipinski definition) is 4. The number of nitrogens with zero attached hydrogens (tertiary/aromatic N) is 3. The second-order valence-corrected chi connectivity index (χ2v) is 6.95. The van der Waals surface area contributed by atoms with Crippen molar-refractivity contribution in [3.8, 4) is 11.5 Å². The van der Waals surface area contributed by atoms with Gasteiger partial charge in [-0.05, 0) is 37.7 Å². The molecule has 2 aromatic heterocycles. The summed E-state index contributed by atoms with van der Waals surface area (Å²) in [5.74, 6) is 2.32. The summed E-state index contributed by atoms with van der Waals surface area (Å²) < 4.78 is 13.3. The molecule has 0 spiro atoms. The molecule has 5 nitrogen and oxygen atoms in total. The molecule has 1 fully saturated rings. The van der Waals surface area contributed by atoms with Crippen LogP contribution in [0.1, 0.15) is 45.1 Å². The second-order valence-electron chi connectivity index (χ2n) is 6.95. The maximum absolute atomic E-state index is 5.50. The van der Waals surface area contributed by atoms with E-state index in [0.717, 1.165) is 33.6 Å². The van der Waals surface area contributed by atoms with Crippen LogP contribution in [0.25, 0.3) is 21.9 Å². The van der Waals surface area contributed by atoms with E-state index in [4.69, 9.17) is 9.47 Å². The largest absolute Gasteiger partial charge is 0.493 e. The summed E-state index contributed by atoms with van der Waals surface area (Å²) in [5, 5.41) is 1.07. The Morgan fingerprint density at radius 3 is 2.40 bits per heavy atom. The molecule has 0 unspecified atom stereocenters. The van der Waals surface area contributed by atoms with Gasteiger partial charge >= 0.3 is 0 Å². The van der Waals surface area contributed by atoms with Gasteiger partial charge < -0.3 is 14.0 Å². The molecule has 25 heavy (non-hydrogen) atoms. The fraction of sp³-hybridized carbons (Fsp3) is 0.500. The van der Waals surface area contributed by atoms with Gasteiger partial charge in [-0.3, -0.25) is 4.98 Å². The van der Waals surface area contributed by atoms with E-state index >= 15 is 0 Å². The Hall–Kier alpha value is -2.30. The van der Waals surface area contributed by atoms with Crippen LogP contribution in [0.15, 0.2) is 24.7 Å². The van der Waals surface area contributed by atoms with E-state index in [1.165, 1.54) is 32.1 Å². The maximum atomic E-state index is 5.50. The molecule has 5 heteroatoms. The molecule has 0 N–H and O–H groups in total. The van der Waals surface area contributed by atoms with Crippen molar-refractivity contribution in [3.63, 3.8) is 0 Å². The van der Waals surface area contributed by atoms with Crippen molar-refractivity contribution in [2.75, 3.05) is 14.2 Å². The van der Waals surface area contributed by atoms with E-state index in [0.29, 0.717) is 11.8 Å². The lowest BCUT2D eigenvalue weighted by Gasteiger charge is -2.29. The Balaban J connectivity index is 1.84. The van der Waals surface area contributed by atoms with Crippen molar-refractivity contribution in [2.24, 2.45) is 5.92 Å². The highest BCUT2D eigenvalue weighted by atomic mass is 16.5. The van der Waals surface area contributed by atoms with Crippen molar-refractivity contribution < 1.29 is 9.47 Å². The number of imidazole rings is 1. The second kappa shape index (κ2) is 6.54. The molecular weight excluding hydrogens is 314 g/mol. The van der Waals surface area contributed by atoms with Gasteiger partial charge in [0.05, 0.1) is 37.8 Å². The minimum Gasteiger partial charge on any atom is -0.493 e. The van der Waals surface area contributed by atoms with Crippen LogP contribution >= 0.6 is 0 Å². The number of ether oxygens (including phenoxy) is 2. The molecule has 4 rings (SSSR count). The minimum absolute atomic E-state index is 0.520. The molecule has 132 valence electrons. The number of rotatable bonds is 4. The van der Waals surface area contributed by atoms with Gasteiger partial charge in [0.2, 0.25) is 0 Å². The third-order valence-corrected chi connectivity index (χ3v) is 5.69. The molecule has 1 aliphatic carbocycles. The summed E-state index contributed by atoms with van der Waals surface area (Å²) >= 11 is 0. The van der Waals surface area contributed by atoms with Crippen molar-refractivity contribution >= 4 is 21.9 Å². The minimum atomic E-state index is 0.520. The first-order chi connectivity index (χ1) is 12.2. The topological polar surface area (TPSA) is 49.2 Å². The first kappa shape index (κ1) is 16.2. The van der Waals surface area contributed by atoms with Gasteiger partial charge in [0.25, 0.3) is 0 Å². The van der Waals surface area contributed by atoms with Crippen LogP contribution in [0, 0.1) is 5.92 Å². The number of pyridine rings is 1. The lowest BCUT2D eigenvalue weighted by atomic mass is 9.84. The Bertz CT molecular complexity index is 895. The van der Waals surface area contributed by atoms with Crippen LogP contribution in [-0.2, 0) is 0 Å². The van der Waals surface area contributed by atoms with Crippen molar-refractivity contribution in [3.05, 3.63) is 24.7 Å². The third kappa shape index (κ3) is 2.71. The molecule has 0 saturated heterocycles. The summed E-state index contributed by atoms with van der Waals surface area (Å²) in [4.78, 5) is 9.18. The zero-order chi connectivity index (χ0) is 17.4. The maximum Gasteiger partial charge on any atom is 0.162 e. The van der Waals surface area contributed by atoms with Gasteiger partial charge in [-0.1, -0.05) is 13.3 Å². The number of hydrogen-bond donors (Lipinski definition) is 0. The fourth-order valence-electron chi connectivity index (χ4n) is 4.15. The average Bonchev–Trinajstić information content (AvgIpc) is 3.11. The van der Waals surface area contributed by atoms with E-state index in [1.54, 1.807) is 14.2 Å². The fourth-order valence-corrected chi connectivity index (χ4v) is 4.15. The Morgan fingerprint density at radius 1 is 1.00 bits per heavy atom. The zero-order valence-corrected chi connectivity index (χ0v) is 15.2. The smallest absolute Gasteiger partial charge is 0.162 e. The zero-order valence-electron chi connectivity index (χ0n) is 15.2. The molecular formula is C20H25N3O2. The SMILES string of the molecule is CCC1CCC(n2cnc3cnc4cc(OC)c(OC)cc4c32)CC1. The molecule has 1 aliphatic rings. The normalized spacial score (nSPS) is 20.9. The Morgan fingerprint density at radius 2 is 1.72 bits per heavy atom. The summed E-state index contributed by atoms with van der Waals surface area (Å²) in [6, 6.07) is 4.49. The molecule has 0 radical (unpaired) electrons. The predicted octanol–water partition coefficient (Wildman–Crippen LogP) is 4.74. The summed E-state index contributed by atoms with van der Waals surface area (Å²) in [7, 11) is 3.32. The van der Waals surface area contributed by atoms with Crippen LogP contribution in [0.4, 0.5) is 0 Å². The van der Waals surface area contributed by atoms with Crippen LogP contribution in [0.3, 0.4) is 0 Å². The molecule has 0 aliphatic heterocycles. The van der Waals surface area contributed by atoms with Crippen LogP contribution in [-0.4, -0.2) is 28.8 Å². The van der Waals surface area contributed by atoms with Gasteiger partial charge in [-0.25, -0.2) is 4.98 Å². The van der Waals surface area contributed by atoms with Crippen LogP contribution in [0.5, 0.6) is 11.5 Å². The first-order valence-corrected chi connectivity index (χ1v) is 9.12.